The smallest absolute Gasteiger partial charge is 0.325 e. The Balaban J connectivity index is 3.44. The molecular formula is C13H19NO3. The van der Waals surface area contributed by atoms with Crippen LogP contribution in [-0.4, -0.2) is 25.2 Å². The Morgan fingerprint density at radius 2 is 1.94 bits per heavy atom. The van der Waals surface area contributed by atoms with E-state index >= 15 is 0 Å². The summed E-state index contributed by atoms with van der Waals surface area (Å²) in [5.74, 6) is -0.0766. The fourth-order valence-corrected chi connectivity index (χ4v) is 2.11. The molecule has 0 aliphatic rings. The van der Waals surface area contributed by atoms with Crippen molar-refractivity contribution < 1.29 is 14.6 Å². The lowest BCUT2D eigenvalue weighted by Gasteiger charge is -2.20. The normalized spacial score (nSPS) is 12.3. The minimum atomic E-state index is -0.872. The number of nitrogens with one attached hydrogen (secondary N) is 1. The number of hydrogen-bond donors (Lipinski definition) is 2. The van der Waals surface area contributed by atoms with Gasteiger partial charge in [-0.15, -0.1) is 0 Å². The number of carbonyl (C=O) groups is 1. The van der Waals surface area contributed by atoms with Crippen molar-refractivity contribution in [3.8, 4) is 5.75 Å². The maximum Gasteiger partial charge on any atom is 0.325 e. The molecule has 4 nitrogen and oxygen atoms in total. The average Bonchev–Trinajstić information content (AvgIpc) is 2.28. The minimum Gasteiger partial charge on any atom is -0.496 e. The van der Waals surface area contributed by atoms with E-state index in [0.29, 0.717) is 0 Å². The Morgan fingerprint density at radius 1 is 1.35 bits per heavy atom. The van der Waals surface area contributed by atoms with Crippen molar-refractivity contribution in [1.29, 1.82) is 0 Å². The second-order valence-electron chi connectivity index (χ2n) is 4.12. The minimum absolute atomic E-state index is 0.681. The fraction of sp³-hybridized carbons (Fsp3) is 0.462. The van der Waals surface area contributed by atoms with Gasteiger partial charge in [-0.1, -0.05) is 0 Å². The second-order valence-corrected chi connectivity index (χ2v) is 4.12. The molecule has 4 heteroatoms. The van der Waals surface area contributed by atoms with Crippen molar-refractivity contribution in [1.82, 2.24) is 5.32 Å². The van der Waals surface area contributed by atoms with Crippen LogP contribution in [0.25, 0.3) is 0 Å². The van der Waals surface area contributed by atoms with E-state index in [0.717, 1.165) is 28.0 Å². The van der Waals surface area contributed by atoms with Gasteiger partial charge >= 0.3 is 5.97 Å². The zero-order valence-corrected chi connectivity index (χ0v) is 10.9. The molecule has 0 saturated carbocycles. The van der Waals surface area contributed by atoms with Gasteiger partial charge in [0.1, 0.15) is 11.8 Å². The number of carboxylic acid groups (broad SMARTS) is 1. The Kier molecular flexibility index (Phi) is 4.12. The second kappa shape index (κ2) is 5.19. The molecule has 94 valence electrons. The first-order chi connectivity index (χ1) is 7.93. The maximum atomic E-state index is 11.2. The van der Waals surface area contributed by atoms with Gasteiger partial charge in [-0.3, -0.25) is 4.79 Å². The molecule has 0 saturated heterocycles. The molecule has 0 heterocycles. The van der Waals surface area contributed by atoms with Crippen molar-refractivity contribution in [3.63, 3.8) is 0 Å². The van der Waals surface area contributed by atoms with E-state index in [-0.39, 0.29) is 0 Å². The highest BCUT2D eigenvalue weighted by Crippen LogP contribution is 2.31. The number of likely N-dealkylation sites (N-methyl/N-ethyl adjacent to an activating group) is 1. The number of aliphatic carboxylic acids is 1. The molecule has 17 heavy (non-hydrogen) atoms. The highest BCUT2D eigenvalue weighted by Gasteiger charge is 2.23. The van der Waals surface area contributed by atoms with Gasteiger partial charge in [-0.05, 0) is 56.1 Å². The number of benzene rings is 1. The van der Waals surface area contributed by atoms with Crippen LogP contribution in [0, 0.1) is 20.8 Å². The summed E-state index contributed by atoms with van der Waals surface area (Å²) in [6.07, 6.45) is 0. The molecule has 0 spiro atoms. The van der Waals surface area contributed by atoms with Gasteiger partial charge in [0.15, 0.2) is 0 Å². The number of hydrogen-bond acceptors (Lipinski definition) is 3. The molecule has 1 rings (SSSR count). The molecule has 0 amide bonds. The van der Waals surface area contributed by atoms with Crippen molar-refractivity contribution in [2.75, 3.05) is 14.2 Å². The quantitative estimate of drug-likeness (QED) is 0.840. The van der Waals surface area contributed by atoms with Crippen LogP contribution in [0.15, 0.2) is 6.07 Å². The van der Waals surface area contributed by atoms with E-state index in [4.69, 9.17) is 4.74 Å². The maximum absolute atomic E-state index is 11.2. The number of ether oxygens (including phenoxy) is 1. The standard InChI is InChI=1S/C13H19NO3/c1-7-6-10(17-5)8(2)9(3)11(7)12(14-4)13(15)16/h6,12,14H,1-5H3,(H,15,16). The monoisotopic (exact) mass is 237 g/mol. The SMILES string of the molecule is CNC(C(=O)O)c1c(C)cc(OC)c(C)c1C. The number of rotatable bonds is 4. The van der Waals surface area contributed by atoms with Gasteiger partial charge < -0.3 is 15.2 Å². The zero-order chi connectivity index (χ0) is 13.2. The summed E-state index contributed by atoms with van der Waals surface area (Å²) >= 11 is 0. The van der Waals surface area contributed by atoms with Crippen LogP contribution in [-0.2, 0) is 4.79 Å². The third-order valence-corrected chi connectivity index (χ3v) is 3.15. The lowest BCUT2D eigenvalue weighted by atomic mass is 9.92. The van der Waals surface area contributed by atoms with Crippen LogP contribution in [0.4, 0.5) is 0 Å². The van der Waals surface area contributed by atoms with Crippen molar-refractivity contribution in [2.45, 2.75) is 26.8 Å². The molecule has 0 aliphatic heterocycles. The Hall–Kier alpha value is -1.55. The number of methoxy groups -OCH3 is 1. The highest BCUT2D eigenvalue weighted by molar-refractivity contribution is 5.77. The van der Waals surface area contributed by atoms with E-state index < -0.39 is 12.0 Å². The molecular weight excluding hydrogens is 218 g/mol. The van der Waals surface area contributed by atoms with E-state index in [2.05, 4.69) is 5.32 Å². The molecule has 0 radical (unpaired) electrons. The Labute approximate surface area is 102 Å². The van der Waals surface area contributed by atoms with Crippen molar-refractivity contribution in [3.05, 3.63) is 28.3 Å². The van der Waals surface area contributed by atoms with Crippen molar-refractivity contribution in [2.24, 2.45) is 0 Å². The van der Waals surface area contributed by atoms with Crippen molar-refractivity contribution >= 4 is 5.97 Å². The van der Waals surface area contributed by atoms with Crippen LogP contribution < -0.4 is 10.1 Å². The Bertz CT molecular complexity index is 441. The fourth-order valence-electron chi connectivity index (χ4n) is 2.11. The third kappa shape index (κ3) is 2.42. The molecule has 1 aromatic carbocycles. The topological polar surface area (TPSA) is 58.6 Å². The molecule has 0 fully saturated rings. The van der Waals surface area contributed by atoms with Gasteiger partial charge in [0.25, 0.3) is 0 Å². The molecule has 0 aromatic heterocycles. The van der Waals surface area contributed by atoms with E-state index in [1.165, 1.54) is 0 Å². The summed E-state index contributed by atoms with van der Waals surface area (Å²) in [4.78, 5) is 11.2. The summed E-state index contributed by atoms with van der Waals surface area (Å²) in [5, 5.41) is 12.0. The number of carboxylic acids is 1. The molecule has 1 atom stereocenters. The van der Waals surface area contributed by atoms with Gasteiger partial charge in [-0.25, -0.2) is 0 Å². The first-order valence-electron chi connectivity index (χ1n) is 5.48. The van der Waals surface area contributed by atoms with Crippen LogP contribution in [0.5, 0.6) is 5.75 Å². The Morgan fingerprint density at radius 3 is 2.35 bits per heavy atom. The lowest BCUT2D eigenvalue weighted by Crippen LogP contribution is -2.27. The predicted molar refractivity (Wildman–Crippen MR) is 66.6 cm³/mol. The molecule has 1 aromatic rings. The van der Waals surface area contributed by atoms with E-state index in [1.807, 2.05) is 26.8 Å². The first-order valence-corrected chi connectivity index (χ1v) is 5.48. The van der Waals surface area contributed by atoms with Gasteiger partial charge in [0.05, 0.1) is 7.11 Å². The van der Waals surface area contributed by atoms with Crippen LogP contribution >= 0.6 is 0 Å². The molecule has 2 N–H and O–H groups in total. The van der Waals surface area contributed by atoms with Gasteiger partial charge in [0.2, 0.25) is 0 Å². The number of aryl methyl sites for hydroxylation is 1. The summed E-state index contributed by atoms with van der Waals surface area (Å²) < 4.78 is 5.27. The third-order valence-electron chi connectivity index (χ3n) is 3.15. The first kappa shape index (κ1) is 13.5. The molecule has 1 unspecified atom stereocenters. The highest BCUT2D eigenvalue weighted by atomic mass is 16.5. The summed E-state index contributed by atoms with van der Waals surface area (Å²) in [5.41, 5.74) is 3.68. The van der Waals surface area contributed by atoms with Crippen LogP contribution in [0.3, 0.4) is 0 Å². The van der Waals surface area contributed by atoms with Crippen LogP contribution in [0.2, 0.25) is 0 Å². The molecule has 0 aliphatic carbocycles. The van der Waals surface area contributed by atoms with E-state index in [9.17, 15) is 9.90 Å². The predicted octanol–water partition coefficient (Wildman–Crippen LogP) is 1.97. The summed E-state index contributed by atoms with van der Waals surface area (Å²) in [6, 6.07) is 1.20. The lowest BCUT2D eigenvalue weighted by molar-refractivity contribution is -0.139. The van der Waals surface area contributed by atoms with Crippen LogP contribution in [0.1, 0.15) is 28.3 Å². The summed E-state index contributed by atoms with van der Waals surface area (Å²) in [6.45, 7) is 5.76. The zero-order valence-electron chi connectivity index (χ0n) is 10.9. The van der Waals surface area contributed by atoms with Gasteiger partial charge in [-0.2, -0.15) is 0 Å². The summed E-state index contributed by atoms with van der Waals surface area (Å²) in [7, 11) is 3.27. The molecule has 0 bridgehead atoms. The average molecular weight is 237 g/mol. The largest absolute Gasteiger partial charge is 0.496 e. The van der Waals surface area contributed by atoms with Gasteiger partial charge in [0, 0.05) is 0 Å². The van der Waals surface area contributed by atoms with E-state index in [1.54, 1.807) is 14.2 Å².